The molecule has 0 radical (unpaired) electrons. The van der Waals surface area contributed by atoms with Crippen molar-refractivity contribution in [3.05, 3.63) is 78.5 Å². The molecule has 0 spiro atoms. The Hall–Kier alpha value is -1.57. The Labute approximate surface area is 122 Å². The first kappa shape index (κ1) is 15.5. The SMILES string of the molecule is C=C[N+](C)(C)c1ccccc1Cc1ccccc1.[Cl-]. The number of quaternary nitrogens is 1. The average molecular weight is 274 g/mol. The van der Waals surface area contributed by atoms with Crippen LogP contribution in [0.4, 0.5) is 5.69 Å². The molecule has 2 aromatic rings. The first-order chi connectivity index (χ1) is 8.63. The maximum Gasteiger partial charge on any atom is 0.140 e. The summed E-state index contributed by atoms with van der Waals surface area (Å²) in [5.74, 6) is 0. The minimum Gasteiger partial charge on any atom is -1.00 e. The van der Waals surface area contributed by atoms with E-state index < -0.39 is 0 Å². The summed E-state index contributed by atoms with van der Waals surface area (Å²) < 4.78 is 0.697. The van der Waals surface area contributed by atoms with E-state index in [9.17, 15) is 0 Å². The van der Waals surface area contributed by atoms with Crippen molar-refractivity contribution in [1.82, 2.24) is 4.48 Å². The molecular formula is C17H20ClN. The summed E-state index contributed by atoms with van der Waals surface area (Å²) in [6.07, 6.45) is 2.93. The van der Waals surface area contributed by atoms with Crippen molar-refractivity contribution in [3.8, 4) is 0 Å². The van der Waals surface area contributed by atoms with Crippen LogP contribution in [0.1, 0.15) is 11.1 Å². The van der Waals surface area contributed by atoms with Crippen LogP contribution >= 0.6 is 0 Å². The van der Waals surface area contributed by atoms with Gasteiger partial charge in [-0.3, -0.25) is 4.48 Å². The summed E-state index contributed by atoms with van der Waals surface area (Å²) in [4.78, 5) is 0. The Morgan fingerprint density at radius 1 is 0.947 bits per heavy atom. The van der Waals surface area contributed by atoms with E-state index in [0.717, 1.165) is 6.42 Å². The first-order valence-corrected chi connectivity index (χ1v) is 6.23. The van der Waals surface area contributed by atoms with Gasteiger partial charge in [0.25, 0.3) is 0 Å². The van der Waals surface area contributed by atoms with Crippen molar-refractivity contribution in [2.24, 2.45) is 0 Å². The Morgan fingerprint density at radius 2 is 1.53 bits per heavy atom. The zero-order valence-corrected chi connectivity index (χ0v) is 12.3. The van der Waals surface area contributed by atoms with Crippen LogP contribution in [0, 0.1) is 0 Å². The molecule has 0 saturated carbocycles. The number of nitrogens with zero attached hydrogens (tertiary/aromatic N) is 1. The Bertz CT molecular complexity index is 532. The van der Waals surface area contributed by atoms with Crippen molar-refractivity contribution < 1.29 is 12.4 Å². The highest BCUT2D eigenvalue weighted by molar-refractivity contribution is 5.52. The molecule has 0 heterocycles. The van der Waals surface area contributed by atoms with E-state index in [-0.39, 0.29) is 12.4 Å². The average Bonchev–Trinajstić information content (AvgIpc) is 2.40. The van der Waals surface area contributed by atoms with Gasteiger partial charge in [0.2, 0.25) is 0 Å². The monoisotopic (exact) mass is 273 g/mol. The van der Waals surface area contributed by atoms with Crippen LogP contribution in [0.5, 0.6) is 0 Å². The predicted molar refractivity (Wildman–Crippen MR) is 79.5 cm³/mol. The number of para-hydroxylation sites is 1. The minimum absolute atomic E-state index is 0. The highest BCUT2D eigenvalue weighted by atomic mass is 35.5. The summed E-state index contributed by atoms with van der Waals surface area (Å²) in [5.41, 5.74) is 4.00. The van der Waals surface area contributed by atoms with E-state index >= 15 is 0 Å². The molecule has 2 aromatic carbocycles. The standard InChI is InChI=1S/C17H20N.ClH/c1-4-18(2,3)17-13-9-8-12-16(17)14-15-10-6-5-7-11-15;/h4-13H,1,14H2,2-3H3;1H/q+1;/p-1. The van der Waals surface area contributed by atoms with Crippen LogP contribution in [-0.4, -0.2) is 14.1 Å². The number of rotatable bonds is 4. The van der Waals surface area contributed by atoms with Gasteiger partial charge in [-0.1, -0.05) is 48.5 Å². The topological polar surface area (TPSA) is 0 Å². The Kier molecular flexibility index (Phi) is 5.34. The second-order valence-electron chi connectivity index (χ2n) is 5.01. The van der Waals surface area contributed by atoms with Crippen LogP contribution in [0.2, 0.25) is 0 Å². The van der Waals surface area contributed by atoms with E-state index in [0.29, 0.717) is 4.48 Å². The van der Waals surface area contributed by atoms with Crippen LogP contribution in [-0.2, 0) is 6.42 Å². The van der Waals surface area contributed by atoms with Gasteiger partial charge in [-0.05, 0) is 18.2 Å². The second-order valence-corrected chi connectivity index (χ2v) is 5.01. The molecule has 100 valence electrons. The lowest BCUT2D eigenvalue weighted by Gasteiger charge is -2.26. The van der Waals surface area contributed by atoms with Gasteiger partial charge in [0.05, 0.1) is 20.3 Å². The van der Waals surface area contributed by atoms with E-state index in [2.05, 4.69) is 75.3 Å². The Balaban J connectivity index is 0.00000180. The molecule has 2 heteroatoms. The van der Waals surface area contributed by atoms with E-state index in [1.165, 1.54) is 16.8 Å². The molecule has 0 bridgehead atoms. The van der Waals surface area contributed by atoms with E-state index in [1.807, 2.05) is 6.20 Å². The zero-order chi connectivity index (χ0) is 13.0. The molecule has 0 aliphatic carbocycles. The van der Waals surface area contributed by atoms with Gasteiger partial charge in [-0.15, -0.1) is 0 Å². The normalized spacial score (nSPS) is 10.6. The van der Waals surface area contributed by atoms with Crippen molar-refractivity contribution in [1.29, 1.82) is 0 Å². The van der Waals surface area contributed by atoms with Crippen LogP contribution in [0.25, 0.3) is 0 Å². The lowest BCUT2D eigenvalue weighted by atomic mass is 10.0. The number of halogens is 1. The van der Waals surface area contributed by atoms with Crippen molar-refractivity contribution in [3.63, 3.8) is 0 Å². The lowest BCUT2D eigenvalue weighted by Crippen LogP contribution is -3.00. The summed E-state index contributed by atoms with van der Waals surface area (Å²) in [6, 6.07) is 19.1. The third-order valence-corrected chi connectivity index (χ3v) is 3.31. The van der Waals surface area contributed by atoms with E-state index in [4.69, 9.17) is 0 Å². The van der Waals surface area contributed by atoms with Crippen LogP contribution < -0.4 is 16.9 Å². The van der Waals surface area contributed by atoms with Gasteiger partial charge in [0, 0.05) is 12.0 Å². The van der Waals surface area contributed by atoms with Gasteiger partial charge in [-0.25, -0.2) is 0 Å². The van der Waals surface area contributed by atoms with Crippen LogP contribution in [0.3, 0.4) is 0 Å². The fourth-order valence-electron chi connectivity index (χ4n) is 2.14. The van der Waals surface area contributed by atoms with Gasteiger partial charge in [0.15, 0.2) is 0 Å². The van der Waals surface area contributed by atoms with Crippen molar-refractivity contribution in [2.75, 3.05) is 14.1 Å². The second kappa shape index (κ2) is 6.55. The third kappa shape index (κ3) is 3.69. The molecule has 0 aliphatic rings. The van der Waals surface area contributed by atoms with Crippen molar-refractivity contribution in [2.45, 2.75) is 6.42 Å². The fraction of sp³-hybridized carbons (Fsp3) is 0.176. The van der Waals surface area contributed by atoms with Crippen LogP contribution in [0.15, 0.2) is 67.4 Å². The predicted octanol–water partition coefficient (Wildman–Crippen LogP) is 0.992. The number of hydrogen-bond donors (Lipinski definition) is 0. The summed E-state index contributed by atoms with van der Waals surface area (Å²) >= 11 is 0. The highest BCUT2D eigenvalue weighted by Gasteiger charge is 2.18. The molecule has 0 amide bonds. The molecule has 19 heavy (non-hydrogen) atoms. The molecule has 0 aromatic heterocycles. The summed E-state index contributed by atoms with van der Waals surface area (Å²) in [6.45, 7) is 3.93. The molecule has 0 unspecified atom stereocenters. The maximum atomic E-state index is 3.93. The van der Waals surface area contributed by atoms with Gasteiger partial charge in [0.1, 0.15) is 5.69 Å². The smallest absolute Gasteiger partial charge is 0.140 e. The molecule has 2 rings (SSSR count). The molecule has 0 saturated heterocycles. The molecule has 0 aliphatic heterocycles. The number of benzene rings is 2. The van der Waals surface area contributed by atoms with E-state index in [1.54, 1.807) is 0 Å². The highest BCUT2D eigenvalue weighted by Crippen LogP contribution is 2.26. The molecule has 1 nitrogen and oxygen atoms in total. The quantitative estimate of drug-likeness (QED) is 0.729. The molecule has 0 N–H and O–H groups in total. The minimum atomic E-state index is 0. The molecule has 0 fully saturated rings. The van der Waals surface area contributed by atoms with Gasteiger partial charge in [-0.2, -0.15) is 0 Å². The molecule has 0 atom stereocenters. The summed E-state index contributed by atoms with van der Waals surface area (Å²) in [5, 5.41) is 0. The molecular weight excluding hydrogens is 254 g/mol. The fourth-order valence-corrected chi connectivity index (χ4v) is 2.14. The lowest BCUT2D eigenvalue weighted by molar-refractivity contribution is -0.00000379. The summed E-state index contributed by atoms with van der Waals surface area (Å²) in [7, 11) is 4.30. The van der Waals surface area contributed by atoms with Crippen molar-refractivity contribution >= 4 is 5.69 Å². The maximum absolute atomic E-state index is 3.93. The zero-order valence-electron chi connectivity index (χ0n) is 11.5. The third-order valence-electron chi connectivity index (χ3n) is 3.31. The first-order valence-electron chi connectivity index (χ1n) is 6.23. The largest absolute Gasteiger partial charge is 1.00 e. The number of hydrogen-bond acceptors (Lipinski definition) is 0. The van der Waals surface area contributed by atoms with Gasteiger partial charge >= 0.3 is 0 Å². The van der Waals surface area contributed by atoms with Gasteiger partial charge < -0.3 is 12.4 Å². The Morgan fingerprint density at radius 3 is 2.16 bits per heavy atom.